The highest BCUT2D eigenvalue weighted by atomic mass is 19.3. The molecule has 2 rings (SSSR count). The van der Waals surface area contributed by atoms with Gasteiger partial charge in [-0.2, -0.15) is 8.78 Å². The molecule has 2 N–H and O–H groups in total. The van der Waals surface area contributed by atoms with Crippen LogP contribution in [-0.2, 0) is 9.53 Å². The van der Waals surface area contributed by atoms with Gasteiger partial charge in [0.05, 0.1) is 24.8 Å². The molecule has 0 aromatic heterocycles. The average Bonchev–Trinajstić information content (AvgIpc) is 2.53. The molecule has 0 radical (unpaired) electrons. The van der Waals surface area contributed by atoms with Crippen LogP contribution in [0.4, 0.5) is 13.6 Å². The number of rotatable bonds is 6. The van der Waals surface area contributed by atoms with Gasteiger partial charge in [0, 0.05) is 5.70 Å². The molecule has 0 fully saturated rings. The summed E-state index contributed by atoms with van der Waals surface area (Å²) in [6, 6.07) is 2.84. The Morgan fingerprint density at radius 2 is 1.92 bits per heavy atom. The molecule has 0 saturated carbocycles. The summed E-state index contributed by atoms with van der Waals surface area (Å²) >= 11 is 0. The van der Waals surface area contributed by atoms with Gasteiger partial charge in [-0.3, -0.25) is 0 Å². The minimum atomic E-state index is -3.01. The summed E-state index contributed by atoms with van der Waals surface area (Å²) < 4.78 is 39.6. The van der Waals surface area contributed by atoms with E-state index < -0.39 is 24.7 Å². The van der Waals surface area contributed by atoms with Crippen LogP contribution in [0, 0.1) is 0 Å². The van der Waals surface area contributed by atoms with Gasteiger partial charge in [0.25, 0.3) is 0 Å². The molecule has 1 atom stereocenters. The van der Waals surface area contributed by atoms with Gasteiger partial charge in [0.1, 0.15) is 0 Å². The first kappa shape index (κ1) is 19.5. The van der Waals surface area contributed by atoms with E-state index in [9.17, 15) is 18.4 Å². The van der Waals surface area contributed by atoms with E-state index in [0.717, 1.165) is 0 Å². The number of methoxy groups -OCH3 is 1. The van der Waals surface area contributed by atoms with E-state index in [4.69, 9.17) is 9.47 Å². The maximum Gasteiger partial charge on any atom is 0.387 e. The predicted octanol–water partition coefficient (Wildman–Crippen LogP) is 2.88. The van der Waals surface area contributed by atoms with Crippen molar-refractivity contribution in [2.45, 2.75) is 39.5 Å². The highest BCUT2D eigenvalue weighted by molar-refractivity contribution is 5.95. The van der Waals surface area contributed by atoms with Gasteiger partial charge < -0.3 is 24.8 Å². The minimum Gasteiger partial charge on any atom is -0.493 e. The third kappa shape index (κ3) is 4.41. The van der Waals surface area contributed by atoms with E-state index in [2.05, 4.69) is 15.4 Å². The second-order valence-corrected chi connectivity index (χ2v) is 5.81. The third-order valence-corrected chi connectivity index (χ3v) is 3.57. The minimum absolute atomic E-state index is 0.0461. The number of amides is 2. The standard InChI is InChI=1S/C17H20F2N2O5/c1-8(2)25-15(22)13-9(3)20-17(23)21-14(13)10-5-6-11(26-16(18)19)12(7-10)24-4/h5-8,14,16H,1-4H3,(H2,20,21,23)/t14-/m0/s1. The van der Waals surface area contributed by atoms with Crippen molar-refractivity contribution in [3.8, 4) is 11.5 Å². The van der Waals surface area contributed by atoms with E-state index in [1.54, 1.807) is 20.8 Å². The average molecular weight is 370 g/mol. The molecule has 0 saturated heterocycles. The number of carbonyl (C=O) groups is 2. The van der Waals surface area contributed by atoms with Crippen LogP contribution in [-0.4, -0.2) is 31.8 Å². The second kappa shape index (κ2) is 8.03. The van der Waals surface area contributed by atoms with Crippen LogP contribution in [0.3, 0.4) is 0 Å². The van der Waals surface area contributed by atoms with E-state index in [-0.39, 0.29) is 23.2 Å². The smallest absolute Gasteiger partial charge is 0.387 e. The zero-order chi connectivity index (χ0) is 19.4. The number of allylic oxidation sites excluding steroid dienone is 1. The topological polar surface area (TPSA) is 85.9 Å². The van der Waals surface area contributed by atoms with E-state index in [1.807, 2.05) is 0 Å². The number of hydrogen-bond acceptors (Lipinski definition) is 5. The van der Waals surface area contributed by atoms with Crippen LogP contribution >= 0.6 is 0 Å². The zero-order valence-electron chi connectivity index (χ0n) is 14.8. The summed E-state index contributed by atoms with van der Waals surface area (Å²) in [6.45, 7) is 1.98. The Bertz CT molecular complexity index is 734. The number of halogens is 2. The van der Waals surface area contributed by atoms with Crippen molar-refractivity contribution in [2.24, 2.45) is 0 Å². The van der Waals surface area contributed by atoms with Crippen LogP contribution < -0.4 is 20.1 Å². The molecule has 2 amide bonds. The van der Waals surface area contributed by atoms with Crippen LogP contribution in [0.15, 0.2) is 29.5 Å². The van der Waals surface area contributed by atoms with Crippen molar-refractivity contribution in [1.82, 2.24) is 10.6 Å². The Morgan fingerprint density at radius 3 is 2.50 bits per heavy atom. The van der Waals surface area contributed by atoms with Crippen molar-refractivity contribution in [3.05, 3.63) is 35.0 Å². The summed E-state index contributed by atoms with van der Waals surface area (Å²) in [5.41, 5.74) is 1.01. The molecule has 0 spiro atoms. The molecular formula is C17H20F2N2O5. The van der Waals surface area contributed by atoms with Crippen LogP contribution in [0.25, 0.3) is 0 Å². The number of alkyl halides is 2. The monoisotopic (exact) mass is 370 g/mol. The maximum absolute atomic E-state index is 12.5. The van der Waals surface area contributed by atoms with Crippen LogP contribution in [0.1, 0.15) is 32.4 Å². The Labute approximate surface area is 149 Å². The predicted molar refractivity (Wildman–Crippen MR) is 88.0 cm³/mol. The molecule has 7 nitrogen and oxygen atoms in total. The molecule has 1 aliphatic rings. The highest BCUT2D eigenvalue weighted by Gasteiger charge is 2.33. The molecule has 0 unspecified atom stereocenters. The first-order valence-electron chi connectivity index (χ1n) is 7.85. The first-order chi connectivity index (χ1) is 12.2. The number of esters is 1. The molecule has 26 heavy (non-hydrogen) atoms. The molecule has 1 aromatic rings. The molecule has 9 heteroatoms. The fourth-order valence-corrected chi connectivity index (χ4v) is 2.55. The summed E-state index contributed by atoms with van der Waals surface area (Å²) in [5, 5.41) is 5.15. The van der Waals surface area contributed by atoms with E-state index in [0.29, 0.717) is 11.3 Å². The van der Waals surface area contributed by atoms with Crippen molar-refractivity contribution < 1.29 is 32.6 Å². The molecule has 1 aliphatic heterocycles. The summed E-state index contributed by atoms with van der Waals surface area (Å²) in [6.07, 6.45) is -0.350. The summed E-state index contributed by atoms with van der Waals surface area (Å²) in [5.74, 6) is -0.704. The first-order valence-corrected chi connectivity index (χ1v) is 7.85. The number of ether oxygens (including phenoxy) is 3. The van der Waals surface area contributed by atoms with Crippen molar-refractivity contribution >= 4 is 12.0 Å². The van der Waals surface area contributed by atoms with E-state index >= 15 is 0 Å². The molecule has 1 heterocycles. The summed E-state index contributed by atoms with van der Waals surface area (Å²) in [7, 11) is 1.30. The lowest BCUT2D eigenvalue weighted by molar-refractivity contribution is -0.143. The van der Waals surface area contributed by atoms with Crippen molar-refractivity contribution in [3.63, 3.8) is 0 Å². The SMILES string of the molecule is COc1cc([C@@H]2NC(=O)NC(C)=C2C(=O)OC(C)C)ccc1OC(F)F. The second-order valence-electron chi connectivity index (χ2n) is 5.81. The molecular weight excluding hydrogens is 350 g/mol. The van der Waals surface area contributed by atoms with Gasteiger partial charge in [-0.15, -0.1) is 0 Å². The van der Waals surface area contributed by atoms with Crippen molar-refractivity contribution in [2.75, 3.05) is 7.11 Å². The van der Waals surface area contributed by atoms with Gasteiger partial charge in [-0.25, -0.2) is 9.59 Å². The lowest BCUT2D eigenvalue weighted by Crippen LogP contribution is -2.45. The molecule has 0 bridgehead atoms. The summed E-state index contributed by atoms with van der Waals surface area (Å²) in [4.78, 5) is 24.3. The fourth-order valence-electron chi connectivity index (χ4n) is 2.55. The largest absolute Gasteiger partial charge is 0.493 e. The molecule has 1 aromatic carbocycles. The van der Waals surface area contributed by atoms with Gasteiger partial charge in [0.2, 0.25) is 0 Å². The normalized spacial score (nSPS) is 17.1. The highest BCUT2D eigenvalue weighted by Crippen LogP contribution is 2.35. The van der Waals surface area contributed by atoms with Crippen LogP contribution in [0.5, 0.6) is 11.5 Å². The number of carbonyl (C=O) groups excluding carboxylic acids is 2. The van der Waals surface area contributed by atoms with E-state index in [1.165, 1.54) is 25.3 Å². The molecule has 142 valence electrons. The quantitative estimate of drug-likeness (QED) is 0.752. The Hall–Kier alpha value is -2.84. The fraction of sp³-hybridized carbons (Fsp3) is 0.412. The number of nitrogens with one attached hydrogen (secondary N) is 2. The lowest BCUT2D eigenvalue weighted by atomic mass is 9.95. The van der Waals surface area contributed by atoms with Gasteiger partial charge in [-0.05, 0) is 38.5 Å². The third-order valence-electron chi connectivity index (χ3n) is 3.57. The van der Waals surface area contributed by atoms with Crippen molar-refractivity contribution in [1.29, 1.82) is 0 Å². The lowest BCUT2D eigenvalue weighted by Gasteiger charge is -2.29. The zero-order valence-corrected chi connectivity index (χ0v) is 14.8. The Morgan fingerprint density at radius 1 is 1.23 bits per heavy atom. The Kier molecular flexibility index (Phi) is 6.01. The Balaban J connectivity index is 2.44. The van der Waals surface area contributed by atoms with Gasteiger partial charge >= 0.3 is 18.6 Å². The number of urea groups is 1. The molecule has 0 aliphatic carbocycles. The number of hydrogen-bond donors (Lipinski definition) is 2. The van der Waals surface area contributed by atoms with Gasteiger partial charge in [0.15, 0.2) is 11.5 Å². The van der Waals surface area contributed by atoms with Gasteiger partial charge in [-0.1, -0.05) is 6.07 Å². The number of benzene rings is 1. The van der Waals surface area contributed by atoms with Crippen LogP contribution in [0.2, 0.25) is 0 Å². The maximum atomic E-state index is 12.5.